The monoisotopic (exact) mass is 264 g/mol. The fourth-order valence-corrected chi connectivity index (χ4v) is 2.30. The number of likely N-dealkylation sites (N-methyl/N-ethyl adjacent to an activating group) is 1. The van der Waals surface area contributed by atoms with Crippen LogP contribution in [-0.4, -0.2) is 45.8 Å². The fourth-order valence-electron chi connectivity index (χ4n) is 2.30. The molecule has 1 aromatic heterocycles. The molecule has 106 valence electrons. The highest BCUT2D eigenvalue weighted by molar-refractivity contribution is 5.78. The number of hydrogen-bond acceptors (Lipinski definition) is 3. The maximum absolute atomic E-state index is 12.1. The maximum Gasteiger partial charge on any atom is 0.236 e. The summed E-state index contributed by atoms with van der Waals surface area (Å²) < 4.78 is 1.92. The first-order chi connectivity index (χ1) is 9.13. The Balaban J connectivity index is 1.79. The number of rotatable bonds is 7. The summed E-state index contributed by atoms with van der Waals surface area (Å²) in [5.41, 5.74) is 0. The summed E-state index contributed by atoms with van der Waals surface area (Å²) in [4.78, 5) is 14.1. The summed E-state index contributed by atoms with van der Waals surface area (Å²) in [5, 5.41) is 7.55. The van der Waals surface area contributed by atoms with Crippen LogP contribution in [0.15, 0.2) is 18.5 Å². The molecule has 1 saturated carbocycles. The normalized spacial score (nSPS) is 18.1. The van der Waals surface area contributed by atoms with Gasteiger partial charge < -0.3 is 10.2 Å². The van der Waals surface area contributed by atoms with Gasteiger partial charge in [-0.25, -0.2) is 0 Å². The second-order valence-electron chi connectivity index (χ2n) is 5.31. The lowest BCUT2D eigenvalue weighted by Crippen LogP contribution is -2.44. The molecule has 1 amide bonds. The molecule has 0 aromatic carbocycles. The third kappa shape index (κ3) is 3.56. The van der Waals surface area contributed by atoms with Crippen molar-refractivity contribution in [2.24, 2.45) is 0 Å². The van der Waals surface area contributed by atoms with Crippen molar-refractivity contribution in [1.82, 2.24) is 20.0 Å². The van der Waals surface area contributed by atoms with Gasteiger partial charge in [0.2, 0.25) is 5.91 Å². The van der Waals surface area contributed by atoms with Gasteiger partial charge in [0.1, 0.15) is 0 Å². The molecule has 5 heteroatoms. The second kappa shape index (κ2) is 6.19. The molecule has 0 aliphatic heterocycles. The number of aromatic nitrogens is 2. The average molecular weight is 264 g/mol. The highest BCUT2D eigenvalue weighted by Crippen LogP contribution is 2.26. The minimum absolute atomic E-state index is 0.210. The van der Waals surface area contributed by atoms with Crippen LogP contribution in [0.4, 0.5) is 0 Å². The topological polar surface area (TPSA) is 50.2 Å². The summed E-state index contributed by atoms with van der Waals surface area (Å²) >= 11 is 0. The van der Waals surface area contributed by atoms with Crippen molar-refractivity contribution in [2.45, 2.75) is 51.7 Å². The largest absolute Gasteiger partial charge is 0.339 e. The average Bonchev–Trinajstić information content (AvgIpc) is 3.09. The summed E-state index contributed by atoms with van der Waals surface area (Å²) in [6.07, 6.45) is 6.06. The Morgan fingerprint density at radius 3 is 2.79 bits per heavy atom. The van der Waals surface area contributed by atoms with E-state index in [-0.39, 0.29) is 18.0 Å². The Morgan fingerprint density at radius 2 is 2.26 bits per heavy atom. The standard InChI is InChI=1S/C14H24N4O/c1-4-17(13-6-7-13)14(19)10-15-11(2)12(3)18-9-5-8-16-18/h5,8-9,11-13,15H,4,6-7,10H2,1-3H3. The quantitative estimate of drug-likeness (QED) is 0.810. The van der Waals surface area contributed by atoms with Gasteiger partial charge in [0.15, 0.2) is 0 Å². The fraction of sp³-hybridized carbons (Fsp3) is 0.714. The molecule has 2 atom stereocenters. The van der Waals surface area contributed by atoms with E-state index in [0.717, 1.165) is 6.54 Å². The zero-order chi connectivity index (χ0) is 13.8. The molecular formula is C14H24N4O. The smallest absolute Gasteiger partial charge is 0.236 e. The van der Waals surface area contributed by atoms with Gasteiger partial charge in [-0.3, -0.25) is 9.48 Å². The lowest BCUT2D eigenvalue weighted by Gasteiger charge is -2.25. The number of carbonyl (C=O) groups is 1. The van der Waals surface area contributed by atoms with E-state index in [1.807, 2.05) is 28.8 Å². The molecule has 1 fully saturated rings. The van der Waals surface area contributed by atoms with Gasteiger partial charge in [0.05, 0.1) is 12.6 Å². The zero-order valence-electron chi connectivity index (χ0n) is 12.0. The van der Waals surface area contributed by atoms with Crippen molar-refractivity contribution in [2.75, 3.05) is 13.1 Å². The molecule has 5 nitrogen and oxygen atoms in total. The van der Waals surface area contributed by atoms with E-state index in [2.05, 4.69) is 24.3 Å². The van der Waals surface area contributed by atoms with Crippen LogP contribution in [0.5, 0.6) is 0 Å². The Kier molecular flexibility index (Phi) is 4.58. The van der Waals surface area contributed by atoms with Crippen molar-refractivity contribution in [1.29, 1.82) is 0 Å². The van der Waals surface area contributed by atoms with Crippen molar-refractivity contribution in [3.05, 3.63) is 18.5 Å². The number of hydrogen-bond donors (Lipinski definition) is 1. The van der Waals surface area contributed by atoms with E-state index in [1.165, 1.54) is 12.8 Å². The van der Waals surface area contributed by atoms with Gasteiger partial charge in [-0.1, -0.05) is 0 Å². The van der Waals surface area contributed by atoms with Crippen LogP contribution in [0.25, 0.3) is 0 Å². The van der Waals surface area contributed by atoms with Gasteiger partial charge in [-0.15, -0.1) is 0 Å². The number of nitrogens with zero attached hydrogens (tertiary/aromatic N) is 3. The summed E-state index contributed by atoms with van der Waals surface area (Å²) in [5.74, 6) is 0.213. The van der Waals surface area contributed by atoms with E-state index in [4.69, 9.17) is 0 Å². The van der Waals surface area contributed by atoms with Gasteiger partial charge in [0, 0.05) is 31.0 Å². The molecule has 0 saturated heterocycles. The molecule has 19 heavy (non-hydrogen) atoms. The van der Waals surface area contributed by atoms with Crippen molar-refractivity contribution in [3.63, 3.8) is 0 Å². The molecule has 1 N–H and O–H groups in total. The van der Waals surface area contributed by atoms with Crippen LogP contribution in [0.1, 0.15) is 39.7 Å². The lowest BCUT2D eigenvalue weighted by molar-refractivity contribution is -0.130. The molecule has 1 heterocycles. The van der Waals surface area contributed by atoms with Gasteiger partial charge >= 0.3 is 0 Å². The third-order valence-electron chi connectivity index (χ3n) is 3.89. The molecule has 0 radical (unpaired) electrons. The van der Waals surface area contributed by atoms with E-state index >= 15 is 0 Å². The highest BCUT2D eigenvalue weighted by atomic mass is 16.2. The van der Waals surface area contributed by atoms with Gasteiger partial charge in [0.25, 0.3) is 0 Å². The molecular weight excluding hydrogens is 240 g/mol. The first kappa shape index (κ1) is 14.1. The van der Waals surface area contributed by atoms with Crippen LogP contribution in [-0.2, 0) is 4.79 Å². The van der Waals surface area contributed by atoms with Crippen LogP contribution in [0, 0.1) is 0 Å². The maximum atomic E-state index is 12.1. The van der Waals surface area contributed by atoms with Gasteiger partial charge in [-0.2, -0.15) is 5.10 Å². The molecule has 1 aliphatic rings. The van der Waals surface area contributed by atoms with E-state index < -0.39 is 0 Å². The van der Waals surface area contributed by atoms with Crippen molar-refractivity contribution in [3.8, 4) is 0 Å². The Bertz CT molecular complexity index is 400. The van der Waals surface area contributed by atoms with Crippen molar-refractivity contribution < 1.29 is 4.79 Å². The molecule has 1 aliphatic carbocycles. The van der Waals surface area contributed by atoms with Crippen LogP contribution >= 0.6 is 0 Å². The zero-order valence-corrected chi connectivity index (χ0v) is 12.0. The number of carbonyl (C=O) groups excluding carboxylic acids is 1. The first-order valence-corrected chi connectivity index (χ1v) is 7.15. The first-order valence-electron chi connectivity index (χ1n) is 7.15. The molecule has 2 unspecified atom stereocenters. The number of nitrogens with one attached hydrogen (secondary N) is 1. The van der Waals surface area contributed by atoms with Gasteiger partial charge in [-0.05, 0) is 39.7 Å². The summed E-state index contributed by atoms with van der Waals surface area (Å²) in [6, 6.07) is 2.86. The minimum Gasteiger partial charge on any atom is -0.339 e. The molecule has 1 aromatic rings. The molecule has 2 rings (SSSR count). The predicted octanol–water partition coefficient (Wildman–Crippen LogP) is 1.43. The van der Waals surface area contributed by atoms with E-state index in [9.17, 15) is 4.79 Å². The Hall–Kier alpha value is -1.36. The van der Waals surface area contributed by atoms with Crippen LogP contribution in [0.3, 0.4) is 0 Å². The van der Waals surface area contributed by atoms with E-state index in [1.54, 1.807) is 6.20 Å². The Labute approximate surface area is 115 Å². The van der Waals surface area contributed by atoms with Crippen LogP contribution in [0.2, 0.25) is 0 Å². The minimum atomic E-state index is 0.210. The summed E-state index contributed by atoms with van der Waals surface area (Å²) in [7, 11) is 0. The molecule has 0 bridgehead atoms. The van der Waals surface area contributed by atoms with Crippen LogP contribution < -0.4 is 5.32 Å². The predicted molar refractivity (Wildman–Crippen MR) is 74.8 cm³/mol. The number of amides is 1. The second-order valence-corrected chi connectivity index (χ2v) is 5.31. The third-order valence-corrected chi connectivity index (χ3v) is 3.89. The lowest BCUT2D eigenvalue weighted by atomic mass is 10.2. The van der Waals surface area contributed by atoms with Crippen molar-refractivity contribution >= 4 is 5.91 Å². The summed E-state index contributed by atoms with van der Waals surface area (Å²) in [6.45, 7) is 7.47. The molecule has 0 spiro atoms. The highest BCUT2D eigenvalue weighted by Gasteiger charge is 2.31. The Morgan fingerprint density at radius 1 is 1.53 bits per heavy atom. The van der Waals surface area contributed by atoms with E-state index in [0.29, 0.717) is 12.6 Å². The SMILES string of the molecule is CCN(C(=O)CNC(C)C(C)n1cccn1)C1CC1.